The van der Waals surface area contributed by atoms with E-state index < -0.39 is 7.51 Å². The molecule has 29 heavy (non-hydrogen) atoms. The molecule has 6 nitrogen and oxygen atoms in total. The number of hydrogen-bond donors (Lipinski definition) is 0. The number of nitrogens with zero attached hydrogens (tertiary/aromatic N) is 4. The Morgan fingerprint density at radius 3 is 1.83 bits per heavy atom. The number of para-hydroxylation sites is 2. The maximum Gasteiger partial charge on any atom is 0.213 e. The van der Waals surface area contributed by atoms with Gasteiger partial charge < -0.3 is 9.57 Å². The average molecular weight is 414 g/mol. The van der Waals surface area contributed by atoms with Crippen molar-refractivity contribution in [3.63, 3.8) is 0 Å². The molecule has 0 radical (unpaired) electrons. The molecule has 0 aliphatic carbocycles. The summed E-state index contributed by atoms with van der Waals surface area (Å²) in [5.74, 6) is 1.45. The largest absolute Gasteiger partial charge is 0.477 e. The van der Waals surface area contributed by atoms with Crippen LogP contribution < -0.4 is 9.57 Å². The van der Waals surface area contributed by atoms with E-state index in [0.29, 0.717) is 12.5 Å². The van der Waals surface area contributed by atoms with E-state index in [4.69, 9.17) is 14.5 Å². The SMILES string of the molecule is C=Cc1ccccc1OCN(C)P(=NOc1ccccc1C=C)(N(C)C)N(C)C. The Kier molecular flexibility index (Phi) is 8.23. The van der Waals surface area contributed by atoms with Crippen LogP contribution in [0.4, 0.5) is 0 Å². The maximum absolute atomic E-state index is 6.09. The summed E-state index contributed by atoms with van der Waals surface area (Å²) in [6.45, 7) is 8.04. The minimum Gasteiger partial charge on any atom is -0.477 e. The van der Waals surface area contributed by atoms with Crippen molar-refractivity contribution >= 4 is 19.7 Å². The lowest BCUT2D eigenvalue weighted by molar-refractivity contribution is 0.207. The van der Waals surface area contributed by atoms with Crippen molar-refractivity contribution < 1.29 is 9.57 Å². The Hall–Kier alpha value is -2.37. The van der Waals surface area contributed by atoms with Gasteiger partial charge >= 0.3 is 0 Å². The molecule has 0 amide bonds. The molecular weight excluding hydrogens is 383 g/mol. The summed E-state index contributed by atoms with van der Waals surface area (Å²) >= 11 is 0. The zero-order chi connectivity index (χ0) is 21.4. The Bertz CT molecular complexity index is 884. The lowest BCUT2D eigenvalue weighted by Crippen LogP contribution is -2.35. The highest BCUT2D eigenvalue weighted by Gasteiger charge is 2.33. The summed E-state index contributed by atoms with van der Waals surface area (Å²) in [5, 5.41) is 0. The fourth-order valence-corrected chi connectivity index (χ4v) is 5.79. The molecule has 0 N–H and O–H groups in total. The second-order valence-electron chi connectivity index (χ2n) is 6.82. The second kappa shape index (κ2) is 10.4. The molecule has 0 heterocycles. The fraction of sp³-hybridized carbons (Fsp3) is 0.273. The first-order valence-electron chi connectivity index (χ1n) is 9.28. The van der Waals surface area contributed by atoms with Crippen LogP contribution in [0.15, 0.2) is 66.6 Å². The van der Waals surface area contributed by atoms with Gasteiger partial charge in [-0.15, -0.1) is 0 Å². The van der Waals surface area contributed by atoms with E-state index in [1.807, 2.05) is 83.8 Å². The number of benzene rings is 2. The Morgan fingerprint density at radius 1 is 0.828 bits per heavy atom. The minimum atomic E-state index is -2.37. The van der Waals surface area contributed by atoms with Gasteiger partial charge in [0.25, 0.3) is 0 Å². The molecule has 0 bridgehead atoms. The van der Waals surface area contributed by atoms with Gasteiger partial charge in [0, 0.05) is 11.1 Å². The van der Waals surface area contributed by atoms with Gasteiger partial charge in [0.2, 0.25) is 7.51 Å². The van der Waals surface area contributed by atoms with Gasteiger partial charge in [-0.05, 0) is 47.4 Å². The summed E-state index contributed by atoms with van der Waals surface area (Å²) in [6, 6.07) is 15.5. The number of hydrogen-bond acceptors (Lipinski definition) is 3. The van der Waals surface area contributed by atoms with Gasteiger partial charge in [-0.1, -0.05) is 66.6 Å². The summed E-state index contributed by atoms with van der Waals surface area (Å²) in [4.78, 5) is 10.7. The van der Waals surface area contributed by atoms with Crippen LogP contribution in [0, 0.1) is 0 Å². The fourth-order valence-electron chi connectivity index (χ4n) is 3.03. The predicted molar refractivity (Wildman–Crippen MR) is 124 cm³/mol. The van der Waals surface area contributed by atoms with E-state index in [1.165, 1.54) is 0 Å². The van der Waals surface area contributed by atoms with Crippen molar-refractivity contribution in [1.29, 1.82) is 0 Å². The van der Waals surface area contributed by atoms with Crippen LogP contribution in [0.5, 0.6) is 11.5 Å². The third-order valence-corrected chi connectivity index (χ3v) is 7.94. The second-order valence-corrected chi connectivity index (χ2v) is 10.3. The summed E-state index contributed by atoms with van der Waals surface area (Å²) in [5.41, 5.74) is 1.85. The summed E-state index contributed by atoms with van der Waals surface area (Å²) in [7, 11) is 7.59. The lowest BCUT2D eigenvalue weighted by atomic mass is 10.2. The van der Waals surface area contributed by atoms with Crippen LogP contribution in [-0.2, 0) is 0 Å². The van der Waals surface area contributed by atoms with Crippen molar-refractivity contribution in [2.45, 2.75) is 0 Å². The molecule has 0 aliphatic rings. The highest BCUT2D eigenvalue weighted by Crippen LogP contribution is 2.55. The molecule has 0 unspecified atom stereocenters. The third-order valence-electron chi connectivity index (χ3n) is 4.46. The van der Waals surface area contributed by atoms with Crippen LogP contribution in [0.25, 0.3) is 12.2 Å². The van der Waals surface area contributed by atoms with E-state index in [0.717, 1.165) is 16.9 Å². The predicted octanol–water partition coefficient (Wildman–Crippen LogP) is 5.30. The molecule has 0 atom stereocenters. The zero-order valence-corrected chi connectivity index (χ0v) is 18.8. The van der Waals surface area contributed by atoms with Gasteiger partial charge in [0.15, 0.2) is 5.75 Å². The maximum atomic E-state index is 6.09. The van der Waals surface area contributed by atoms with E-state index in [2.05, 4.69) is 27.2 Å². The van der Waals surface area contributed by atoms with E-state index >= 15 is 0 Å². The van der Waals surface area contributed by atoms with E-state index in [9.17, 15) is 0 Å². The molecule has 156 valence electrons. The number of ether oxygens (including phenoxy) is 1. The molecule has 0 spiro atoms. The van der Waals surface area contributed by atoms with Gasteiger partial charge in [-0.2, -0.15) is 0 Å². The first-order valence-corrected chi connectivity index (χ1v) is 10.9. The van der Waals surface area contributed by atoms with Crippen molar-refractivity contribution in [2.75, 3.05) is 42.0 Å². The van der Waals surface area contributed by atoms with Gasteiger partial charge in [0.05, 0.1) is 0 Å². The molecule has 7 heteroatoms. The Balaban J connectivity index is 2.35. The van der Waals surface area contributed by atoms with Crippen molar-refractivity contribution in [3.05, 3.63) is 72.8 Å². The van der Waals surface area contributed by atoms with E-state index in [-0.39, 0.29) is 0 Å². The Morgan fingerprint density at radius 2 is 1.31 bits per heavy atom. The van der Waals surface area contributed by atoms with Crippen LogP contribution in [-0.4, -0.2) is 56.0 Å². The number of rotatable bonds is 10. The molecule has 0 aromatic heterocycles. The molecule has 2 aromatic rings. The van der Waals surface area contributed by atoms with Gasteiger partial charge in [0.1, 0.15) is 12.5 Å². The van der Waals surface area contributed by atoms with Crippen molar-refractivity contribution in [2.24, 2.45) is 4.91 Å². The molecule has 0 saturated heterocycles. The standard InChI is InChI=1S/C22H31N4O2P/c1-8-19-14-10-12-16-21(19)27-18-26(7)29(24(3)4,25(5)6)23-28-22-17-13-11-15-20(22)9-2/h8-17H,1-2,18H2,3-7H3. The van der Waals surface area contributed by atoms with Crippen molar-refractivity contribution in [3.8, 4) is 11.5 Å². The molecule has 0 aliphatic heterocycles. The van der Waals surface area contributed by atoms with Crippen LogP contribution in [0.2, 0.25) is 0 Å². The monoisotopic (exact) mass is 414 g/mol. The summed E-state index contributed by atoms with van der Waals surface area (Å²) < 4.78 is 12.3. The smallest absolute Gasteiger partial charge is 0.213 e. The summed E-state index contributed by atoms with van der Waals surface area (Å²) in [6.07, 6.45) is 3.55. The van der Waals surface area contributed by atoms with Crippen LogP contribution >= 0.6 is 7.51 Å². The highest BCUT2D eigenvalue weighted by atomic mass is 31.2. The molecular formula is C22H31N4O2P. The highest BCUT2D eigenvalue weighted by molar-refractivity contribution is 7.58. The quantitative estimate of drug-likeness (QED) is 0.300. The first-order chi connectivity index (χ1) is 13.9. The molecule has 2 rings (SSSR count). The van der Waals surface area contributed by atoms with E-state index in [1.54, 1.807) is 12.2 Å². The lowest BCUT2D eigenvalue weighted by Gasteiger charge is -2.41. The molecule has 2 aromatic carbocycles. The first kappa shape index (κ1) is 22.9. The minimum absolute atomic E-state index is 0.338. The topological polar surface area (TPSA) is 40.5 Å². The van der Waals surface area contributed by atoms with Crippen molar-refractivity contribution in [1.82, 2.24) is 14.0 Å². The zero-order valence-electron chi connectivity index (χ0n) is 17.9. The third kappa shape index (κ3) is 5.17. The van der Waals surface area contributed by atoms with Gasteiger partial charge in [-0.3, -0.25) is 0 Å². The molecule has 0 saturated carbocycles. The Labute approximate surface area is 174 Å². The van der Waals surface area contributed by atoms with Crippen LogP contribution in [0.3, 0.4) is 0 Å². The van der Waals surface area contributed by atoms with Gasteiger partial charge in [-0.25, -0.2) is 14.0 Å². The molecule has 0 fully saturated rings. The normalized spacial score (nSPS) is 11.6. The van der Waals surface area contributed by atoms with Crippen LogP contribution in [0.1, 0.15) is 11.1 Å². The average Bonchev–Trinajstić information content (AvgIpc) is 2.72.